The molecule has 0 aliphatic carbocycles. The lowest BCUT2D eigenvalue weighted by atomic mass is 10.1. The highest BCUT2D eigenvalue weighted by atomic mass is 16.5. The Hall–Kier alpha value is -3.93. The largest absolute Gasteiger partial charge is 0.493 e. The van der Waals surface area contributed by atoms with Crippen molar-refractivity contribution >= 4 is 23.4 Å². The number of hydrogen-bond donors (Lipinski definition) is 1. The average molecular weight is 433 g/mol. The highest BCUT2D eigenvalue weighted by molar-refractivity contribution is 6.02. The van der Waals surface area contributed by atoms with Gasteiger partial charge in [0.15, 0.2) is 11.5 Å². The van der Waals surface area contributed by atoms with Gasteiger partial charge >= 0.3 is 0 Å². The van der Waals surface area contributed by atoms with Gasteiger partial charge in [-0.1, -0.05) is 30.3 Å². The van der Waals surface area contributed by atoms with Gasteiger partial charge in [0, 0.05) is 31.0 Å². The highest BCUT2D eigenvalue weighted by Crippen LogP contribution is 2.38. The van der Waals surface area contributed by atoms with Gasteiger partial charge in [0.25, 0.3) is 0 Å². The maximum absolute atomic E-state index is 12.4. The van der Waals surface area contributed by atoms with Gasteiger partial charge in [-0.15, -0.1) is 0 Å². The Morgan fingerprint density at radius 1 is 0.906 bits per heavy atom. The zero-order valence-corrected chi connectivity index (χ0v) is 18.8. The molecule has 0 unspecified atom stereocenters. The van der Waals surface area contributed by atoms with Gasteiger partial charge in [0.2, 0.25) is 11.7 Å². The number of methoxy groups -OCH3 is 3. The normalized spacial score (nSPS) is 10.6. The summed E-state index contributed by atoms with van der Waals surface area (Å²) in [6.07, 6.45) is 3.16. The molecular weight excluding hydrogens is 404 g/mol. The predicted octanol–water partition coefficient (Wildman–Crippen LogP) is 5.00. The van der Waals surface area contributed by atoms with Gasteiger partial charge < -0.3 is 24.4 Å². The molecule has 166 valence electrons. The molecule has 1 amide bonds. The second-order valence-electron chi connectivity index (χ2n) is 7.17. The molecule has 0 fully saturated rings. The molecule has 0 saturated heterocycles. The van der Waals surface area contributed by atoms with E-state index in [4.69, 9.17) is 14.2 Å². The van der Waals surface area contributed by atoms with Gasteiger partial charge in [0.1, 0.15) is 0 Å². The zero-order valence-electron chi connectivity index (χ0n) is 18.8. The van der Waals surface area contributed by atoms with Crippen LogP contribution in [0.3, 0.4) is 0 Å². The van der Waals surface area contributed by atoms with E-state index in [-0.39, 0.29) is 5.91 Å². The topological polar surface area (TPSA) is 60.0 Å². The summed E-state index contributed by atoms with van der Waals surface area (Å²) >= 11 is 0. The lowest BCUT2D eigenvalue weighted by Gasteiger charge is -2.19. The van der Waals surface area contributed by atoms with Crippen molar-refractivity contribution in [1.29, 1.82) is 0 Å². The number of carbonyl (C=O) groups is 1. The fourth-order valence-corrected chi connectivity index (χ4v) is 3.30. The van der Waals surface area contributed by atoms with E-state index in [1.165, 1.54) is 11.6 Å². The molecule has 1 N–H and O–H groups in total. The average Bonchev–Trinajstić information content (AvgIpc) is 2.83. The van der Waals surface area contributed by atoms with Crippen molar-refractivity contribution in [1.82, 2.24) is 0 Å². The maximum Gasteiger partial charge on any atom is 0.248 e. The summed E-state index contributed by atoms with van der Waals surface area (Å²) in [5.74, 6) is 1.34. The van der Waals surface area contributed by atoms with Gasteiger partial charge in [0.05, 0.1) is 21.3 Å². The molecule has 0 heterocycles. The van der Waals surface area contributed by atoms with Crippen LogP contribution in [0.25, 0.3) is 6.08 Å². The first-order valence-corrected chi connectivity index (χ1v) is 10.2. The van der Waals surface area contributed by atoms with Crippen LogP contribution in [-0.2, 0) is 11.3 Å². The third-order valence-electron chi connectivity index (χ3n) is 4.95. The lowest BCUT2D eigenvalue weighted by Crippen LogP contribution is -2.16. The van der Waals surface area contributed by atoms with Crippen LogP contribution in [0.2, 0.25) is 0 Å². The predicted molar refractivity (Wildman–Crippen MR) is 129 cm³/mol. The molecule has 6 heteroatoms. The van der Waals surface area contributed by atoms with E-state index in [1.807, 2.05) is 49.5 Å². The highest BCUT2D eigenvalue weighted by Gasteiger charge is 2.12. The molecule has 3 rings (SSSR count). The van der Waals surface area contributed by atoms with Crippen molar-refractivity contribution < 1.29 is 19.0 Å². The van der Waals surface area contributed by atoms with E-state index in [1.54, 1.807) is 39.5 Å². The zero-order chi connectivity index (χ0) is 22.9. The van der Waals surface area contributed by atoms with Gasteiger partial charge in [-0.3, -0.25) is 4.79 Å². The number of anilines is 2. The summed E-state index contributed by atoms with van der Waals surface area (Å²) in [5, 5.41) is 2.88. The number of nitrogens with zero attached hydrogens (tertiary/aromatic N) is 1. The van der Waals surface area contributed by atoms with Crippen LogP contribution in [0.15, 0.2) is 72.8 Å². The van der Waals surface area contributed by atoms with Gasteiger partial charge in [-0.2, -0.15) is 0 Å². The Morgan fingerprint density at radius 3 is 2.09 bits per heavy atom. The Labute approximate surface area is 189 Å². The van der Waals surface area contributed by atoms with Crippen molar-refractivity contribution in [2.24, 2.45) is 0 Å². The second kappa shape index (κ2) is 10.9. The fraction of sp³-hybridized carbons (Fsp3) is 0.192. The van der Waals surface area contributed by atoms with Gasteiger partial charge in [-0.05, 0) is 53.6 Å². The summed E-state index contributed by atoms with van der Waals surface area (Å²) in [6, 6.07) is 21.6. The first-order chi connectivity index (χ1) is 15.5. The fourth-order valence-electron chi connectivity index (χ4n) is 3.30. The molecule has 0 aliphatic rings. The number of rotatable bonds is 9. The van der Waals surface area contributed by atoms with E-state index in [0.717, 1.165) is 23.5 Å². The minimum Gasteiger partial charge on any atom is -0.493 e. The van der Waals surface area contributed by atoms with E-state index >= 15 is 0 Å². The molecule has 0 radical (unpaired) electrons. The Bertz CT molecular complexity index is 1040. The van der Waals surface area contributed by atoms with Crippen LogP contribution >= 0.6 is 0 Å². The quantitative estimate of drug-likeness (QED) is 0.482. The summed E-state index contributed by atoms with van der Waals surface area (Å²) in [7, 11) is 6.70. The number of benzene rings is 3. The molecule has 0 aromatic heterocycles. The molecular formula is C26H28N2O4. The van der Waals surface area contributed by atoms with Crippen molar-refractivity contribution in [3.05, 3.63) is 83.9 Å². The van der Waals surface area contributed by atoms with Gasteiger partial charge in [-0.25, -0.2) is 0 Å². The third kappa shape index (κ3) is 5.82. The molecule has 0 saturated carbocycles. The first kappa shape index (κ1) is 22.7. The summed E-state index contributed by atoms with van der Waals surface area (Å²) in [5.41, 5.74) is 3.79. The molecule has 0 bridgehead atoms. The maximum atomic E-state index is 12.4. The number of ether oxygens (including phenoxy) is 3. The SMILES string of the molecule is COc1cc(C=CC(=O)Nc2ccc(N(C)Cc3ccccc3)cc2)cc(OC)c1OC. The van der Waals surface area contributed by atoms with Crippen molar-refractivity contribution in [3.8, 4) is 17.2 Å². The van der Waals surface area contributed by atoms with Crippen LogP contribution < -0.4 is 24.4 Å². The van der Waals surface area contributed by atoms with Crippen LogP contribution in [0, 0.1) is 0 Å². The number of nitrogens with one attached hydrogen (secondary N) is 1. The van der Waals surface area contributed by atoms with E-state index in [2.05, 4.69) is 22.3 Å². The summed E-state index contributed by atoms with van der Waals surface area (Å²) in [6.45, 7) is 0.810. The summed E-state index contributed by atoms with van der Waals surface area (Å²) < 4.78 is 16.0. The molecule has 32 heavy (non-hydrogen) atoms. The third-order valence-corrected chi connectivity index (χ3v) is 4.95. The molecule has 3 aromatic rings. The second-order valence-corrected chi connectivity index (χ2v) is 7.17. The molecule has 0 spiro atoms. The minimum absolute atomic E-state index is 0.232. The van der Waals surface area contributed by atoms with Crippen LogP contribution in [0.4, 0.5) is 11.4 Å². The van der Waals surface area contributed by atoms with Crippen LogP contribution in [0.5, 0.6) is 17.2 Å². The Morgan fingerprint density at radius 2 is 1.53 bits per heavy atom. The van der Waals surface area contributed by atoms with Crippen molar-refractivity contribution in [3.63, 3.8) is 0 Å². The number of amides is 1. The number of hydrogen-bond acceptors (Lipinski definition) is 5. The first-order valence-electron chi connectivity index (χ1n) is 10.2. The van der Waals surface area contributed by atoms with E-state index in [9.17, 15) is 4.79 Å². The lowest BCUT2D eigenvalue weighted by molar-refractivity contribution is -0.111. The minimum atomic E-state index is -0.232. The molecule has 3 aromatic carbocycles. The molecule has 0 aliphatic heterocycles. The monoisotopic (exact) mass is 432 g/mol. The van der Waals surface area contributed by atoms with Crippen molar-refractivity contribution in [2.75, 3.05) is 38.6 Å². The van der Waals surface area contributed by atoms with E-state index in [0.29, 0.717) is 17.2 Å². The standard InChI is InChI=1S/C26H28N2O4/c1-28(18-19-8-6-5-7-9-19)22-13-11-21(12-14-22)27-25(29)15-10-20-16-23(30-2)26(32-4)24(17-20)31-3/h5-17H,18H2,1-4H3,(H,27,29). The molecule has 6 nitrogen and oxygen atoms in total. The smallest absolute Gasteiger partial charge is 0.248 e. The Kier molecular flexibility index (Phi) is 7.75. The Balaban J connectivity index is 1.63. The van der Waals surface area contributed by atoms with Crippen molar-refractivity contribution in [2.45, 2.75) is 6.54 Å². The van der Waals surface area contributed by atoms with E-state index < -0.39 is 0 Å². The summed E-state index contributed by atoms with van der Waals surface area (Å²) in [4.78, 5) is 14.5. The van der Waals surface area contributed by atoms with Crippen LogP contribution in [-0.4, -0.2) is 34.3 Å². The molecule has 0 atom stereocenters. The number of carbonyl (C=O) groups excluding carboxylic acids is 1. The van der Waals surface area contributed by atoms with Crippen LogP contribution in [0.1, 0.15) is 11.1 Å².